The summed E-state index contributed by atoms with van der Waals surface area (Å²) in [5.74, 6) is 0.786. The molecule has 0 unspecified atom stereocenters. The fourth-order valence-corrected chi connectivity index (χ4v) is 4.46. The highest BCUT2D eigenvalue weighted by atomic mass is 16.3. The van der Waals surface area contributed by atoms with E-state index in [1.807, 2.05) is 61.5 Å². The van der Waals surface area contributed by atoms with Crippen LogP contribution in [0.5, 0.6) is 0 Å². The molecule has 166 valence electrons. The maximum atomic E-state index is 12.6. The van der Waals surface area contributed by atoms with E-state index in [0.29, 0.717) is 24.9 Å². The summed E-state index contributed by atoms with van der Waals surface area (Å²) in [5, 5.41) is 9.04. The largest absolute Gasteiger partial charge is 0.395 e. The van der Waals surface area contributed by atoms with Gasteiger partial charge in [-0.2, -0.15) is 0 Å². The molecular formula is C27H36N2O2. The summed E-state index contributed by atoms with van der Waals surface area (Å²) in [7, 11) is 3.99. The zero-order valence-corrected chi connectivity index (χ0v) is 18.9. The second kappa shape index (κ2) is 11.8. The molecule has 4 heteroatoms. The lowest BCUT2D eigenvalue weighted by molar-refractivity contribution is -0.131. The average molecular weight is 421 g/mol. The molecule has 3 rings (SSSR count). The molecule has 1 aliphatic rings. The zero-order chi connectivity index (χ0) is 22.1. The van der Waals surface area contributed by atoms with Gasteiger partial charge in [0.15, 0.2) is 0 Å². The molecule has 1 fully saturated rings. The van der Waals surface area contributed by atoms with Crippen LogP contribution in [0.4, 0.5) is 0 Å². The molecule has 0 aliphatic heterocycles. The van der Waals surface area contributed by atoms with Crippen LogP contribution in [-0.2, 0) is 11.3 Å². The highest BCUT2D eigenvalue weighted by molar-refractivity contribution is 5.78. The number of aliphatic hydroxyl groups excluding tert-OH is 1. The molecule has 1 amide bonds. The van der Waals surface area contributed by atoms with E-state index < -0.39 is 0 Å². The fraction of sp³-hybridized carbons (Fsp3) is 0.444. The molecule has 0 radical (unpaired) electrons. The number of amides is 1. The van der Waals surface area contributed by atoms with E-state index in [1.165, 1.54) is 11.1 Å². The van der Waals surface area contributed by atoms with Gasteiger partial charge in [-0.1, -0.05) is 66.7 Å². The Kier molecular flexibility index (Phi) is 8.86. The first kappa shape index (κ1) is 23.2. The van der Waals surface area contributed by atoms with Crippen LogP contribution in [0.25, 0.3) is 6.08 Å². The Labute approximate surface area is 187 Å². The van der Waals surface area contributed by atoms with Gasteiger partial charge < -0.3 is 10.0 Å². The number of carbonyl (C=O) groups is 1. The lowest BCUT2D eigenvalue weighted by Crippen LogP contribution is -2.38. The van der Waals surface area contributed by atoms with Crippen molar-refractivity contribution in [3.05, 3.63) is 77.4 Å². The van der Waals surface area contributed by atoms with E-state index in [-0.39, 0.29) is 12.5 Å². The first-order valence-corrected chi connectivity index (χ1v) is 11.4. The molecule has 0 heterocycles. The third-order valence-corrected chi connectivity index (χ3v) is 6.43. The Morgan fingerprint density at radius 3 is 2.32 bits per heavy atom. The summed E-state index contributed by atoms with van der Waals surface area (Å²) >= 11 is 0. The SMILES string of the molecule is CN(CCO)Cc1ccc(C2CCC(N(C)C(=O)CC=Cc3ccccc3)CC2)cc1. The second-order valence-electron chi connectivity index (χ2n) is 8.73. The van der Waals surface area contributed by atoms with E-state index in [4.69, 9.17) is 5.11 Å². The average Bonchev–Trinajstić information content (AvgIpc) is 2.80. The monoisotopic (exact) mass is 420 g/mol. The lowest BCUT2D eigenvalue weighted by atomic mass is 9.81. The molecule has 2 aromatic carbocycles. The number of rotatable bonds is 9. The molecule has 2 aromatic rings. The predicted octanol–water partition coefficient (Wildman–Crippen LogP) is 4.70. The van der Waals surface area contributed by atoms with Crippen LogP contribution in [0.15, 0.2) is 60.7 Å². The summed E-state index contributed by atoms with van der Waals surface area (Å²) in [4.78, 5) is 16.7. The van der Waals surface area contributed by atoms with Gasteiger partial charge in [0, 0.05) is 32.6 Å². The van der Waals surface area contributed by atoms with Gasteiger partial charge in [0.05, 0.1) is 6.61 Å². The van der Waals surface area contributed by atoms with Crippen molar-refractivity contribution < 1.29 is 9.90 Å². The van der Waals surface area contributed by atoms with Gasteiger partial charge in [-0.25, -0.2) is 0 Å². The van der Waals surface area contributed by atoms with Gasteiger partial charge in [-0.15, -0.1) is 0 Å². The Morgan fingerprint density at radius 2 is 1.68 bits per heavy atom. The van der Waals surface area contributed by atoms with Crippen LogP contribution in [0.3, 0.4) is 0 Å². The lowest BCUT2D eigenvalue weighted by Gasteiger charge is -2.35. The van der Waals surface area contributed by atoms with Crippen molar-refractivity contribution >= 4 is 12.0 Å². The van der Waals surface area contributed by atoms with Crippen molar-refractivity contribution in [2.24, 2.45) is 0 Å². The number of aliphatic hydroxyl groups is 1. The molecule has 0 aromatic heterocycles. The van der Waals surface area contributed by atoms with Crippen LogP contribution in [-0.4, -0.2) is 54.1 Å². The van der Waals surface area contributed by atoms with Crippen LogP contribution in [0.1, 0.15) is 54.7 Å². The van der Waals surface area contributed by atoms with Crippen molar-refractivity contribution in [2.75, 3.05) is 27.2 Å². The summed E-state index contributed by atoms with van der Waals surface area (Å²) in [5.41, 5.74) is 3.82. The van der Waals surface area contributed by atoms with E-state index in [2.05, 4.69) is 29.2 Å². The van der Waals surface area contributed by atoms with E-state index in [1.54, 1.807) is 0 Å². The maximum Gasteiger partial charge on any atom is 0.226 e. The number of benzene rings is 2. The Bertz CT molecular complexity index is 824. The van der Waals surface area contributed by atoms with E-state index >= 15 is 0 Å². The Hall–Kier alpha value is -2.43. The quantitative estimate of drug-likeness (QED) is 0.640. The molecule has 0 saturated heterocycles. The first-order valence-electron chi connectivity index (χ1n) is 11.4. The van der Waals surface area contributed by atoms with E-state index in [9.17, 15) is 4.79 Å². The molecule has 4 nitrogen and oxygen atoms in total. The molecule has 0 bridgehead atoms. The molecular weight excluding hydrogens is 384 g/mol. The molecule has 0 atom stereocenters. The van der Waals surface area contributed by atoms with Crippen molar-refractivity contribution in [3.8, 4) is 0 Å². The highest BCUT2D eigenvalue weighted by Gasteiger charge is 2.26. The summed E-state index contributed by atoms with van der Waals surface area (Å²) in [6.45, 7) is 1.75. The zero-order valence-electron chi connectivity index (χ0n) is 18.9. The van der Waals surface area contributed by atoms with Gasteiger partial charge >= 0.3 is 0 Å². The van der Waals surface area contributed by atoms with Crippen molar-refractivity contribution in [1.29, 1.82) is 0 Å². The van der Waals surface area contributed by atoms with Crippen LogP contribution >= 0.6 is 0 Å². The molecule has 1 aliphatic carbocycles. The van der Waals surface area contributed by atoms with Crippen molar-refractivity contribution in [2.45, 2.75) is 50.6 Å². The van der Waals surface area contributed by atoms with Crippen LogP contribution < -0.4 is 0 Å². The minimum absolute atomic E-state index is 0.193. The maximum absolute atomic E-state index is 12.6. The Morgan fingerprint density at radius 1 is 1.00 bits per heavy atom. The van der Waals surface area contributed by atoms with Crippen LogP contribution in [0, 0.1) is 0 Å². The fourth-order valence-electron chi connectivity index (χ4n) is 4.46. The number of hydrogen-bond donors (Lipinski definition) is 1. The van der Waals surface area contributed by atoms with Gasteiger partial charge in [0.1, 0.15) is 0 Å². The standard InChI is InChI=1S/C27H36N2O2/c1-28(19-20-30)21-23-11-13-24(14-12-23)25-15-17-26(18-16-25)29(2)27(31)10-6-9-22-7-4-3-5-8-22/h3-9,11-14,25-26,30H,10,15-21H2,1-2H3. The normalized spacial score (nSPS) is 19.1. The Balaban J connectivity index is 1.45. The second-order valence-corrected chi connectivity index (χ2v) is 8.73. The summed E-state index contributed by atoms with van der Waals surface area (Å²) < 4.78 is 0. The number of nitrogens with zero attached hydrogens (tertiary/aromatic N) is 2. The molecule has 1 N–H and O–H groups in total. The number of likely N-dealkylation sites (N-methyl/N-ethyl adjacent to an activating group) is 1. The third-order valence-electron chi connectivity index (χ3n) is 6.43. The van der Waals surface area contributed by atoms with Gasteiger partial charge in [-0.05, 0) is 55.3 Å². The van der Waals surface area contributed by atoms with Crippen molar-refractivity contribution in [1.82, 2.24) is 9.80 Å². The molecule has 31 heavy (non-hydrogen) atoms. The molecule has 1 saturated carbocycles. The topological polar surface area (TPSA) is 43.8 Å². The number of hydrogen-bond acceptors (Lipinski definition) is 3. The predicted molar refractivity (Wildman–Crippen MR) is 128 cm³/mol. The summed E-state index contributed by atoms with van der Waals surface area (Å²) in [6, 6.07) is 19.4. The van der Waals surface area contributed by atoms with Crippen molar-refractivity contribution in [3.63, 3.8) is 0 Å². The minimum Gasteiger partial charge on any atom is -0.395 e. The van der Waals surface area contributed by atoms with Gasteiger partial charge in [0.25, 0.3) is 0 Å². The minimum atomic E-state index is 0.193. The van der Waals surface area contributed by atoms with Gasteiger partial charge in [0.2, 0.25) is 5.91 Å². The van der Waals surface area contributed by atoms with Gasteiger partial charge in [-0.3, -0.25) is 9.69 Å². The number of carbonyl (C=O) groups excluding carboxylic acids is 1. The third kappa shape index (κ3) is 7.05. The summed E-state index contributed by atoms with van der Waals surface area (Å²) in [6.07, 6.45) is 8.84. The van der Waals surface area contributed by atoms with E-state index in [0.717, 1.165) is 37.8 Å². The van der Waals surface area contributed by atoms with Crippen LogP contribution in [0.2, 0.25) is 0 Å². The first-order chi connectivity index (χ1) is 15.1. The molecule has 0 spiro atoms. The highest BCUT2D eigenvalue weighted by Crippen LogP contribution is 2.34. The smallest absolute Gasteiger partial charge is 0.226 e.